The van der Waals surface area contributed by atoms with E-state index in [0.29, 0.717) is 17.6 Å². The van der Waals surface area contributed by atoms with Crippen molar-refractivity contribution in [3.63, 3.8) is 0 Å². The molecule has 1 saturated carbocycles. The van der Waals surface area contributed by atoms with Gasteiger partial charge in [-0.15, -0.1) is 0 Å². The zero-order valence-electron chi connectivity index (χ0n) is 14.1. The Labute approximate surface area is 141 Å². The fourth-order valence-electron chi connectivity index (χ4n) is 2.64. The lowest BCUT2D eigenvalue weighted by Crippen LogP contribution is -2.41. The average molecular weight is 328 g/mol. The number of anilines is 1. The van der Waals surface area contributed by atoms with Gasteiger partial charge in [-0.05, 0) is 37.3 Å². The maximum atomic E-state index is 12.4. The average Bonchev–Trinajstić information content (AvgIpc) is 2.54. The van der Waals surface area contributed by atoms with E-state index in [1.165, 1.54) is 6.42 Å². The summed E-state index contributed by atoms with van der Waals surface area (Å²) in [4.78, 5) is 21.3. The molecule has 0 bridgehead atoms. The SMILES string of the molecule is CC(C)[C@@H](CO)NC(=O)c1ccc2cnc(NC3CCC3)nc2c1. The largest absolute Gasteiger partial charge is 0.394 e. The van der Waals surface area contributed by atoms with Crippen LogP contribution in [0.5, 0.6) is 0 Å². The first-order valence-corrected chi connectivity index (χ1v) is 8.52. The van der Waals surface area contributed by atoms with Gasteiger partial charge in [0.05, 0.1) is 18.2 Å². The maximum absolute atomic E-state index is 12.4. The molecule has 0 unspecified atom stereocenters. The highest BCUT2D eigenvalue weighted by atomic mass is 16.3. The summed E-state index contributed by atoms with van der Waals surface area (Å²) in [6, 6.07) is 5.59. The summed E-state index contributed by atoms with van der Waals surface area (Å²) in [6.45, 7) is 3.86. The molecule has 1 amide bonds. The molecule has 1 aromatic heterocycles. The molecular weight excluding hydrogens is 304 g/mol. The van der Waals surface area contributed by atoms with Gasteiger partial charge in [0.25, 0.3) is 5.91 Å². The van der Waals surface area contributed by atoms with Gasteiger partial charge in [-0.1, -0.05) is 19.9 Å². The Balaban J connectivity index is 1.79. The van der Waals surface area contributed by atoms with Gasteiger partial charge in [0.1, 0.15) is 0 Å². The molecule has 1 atom stereocenters. The van der Waals surface area contributed by atoms with Crippen molar-refractivity contribution >= 4 is 22.8 Å². The lowest BCUT2D eigenvalue weighted by Gasteiger charge is -2.26. The molecule has 3 N–H and O–H groups in total. The van der Waals surface area contributed by atoms with E-state index in [4.69, 9.17) is 0 Å². The van der Waals surface area contributed by atoms with E-state index in [1.807, 2.05) is 19.9 Å². The number of aliphatic hydroxyl groups is 1. The highest BCUT2D eigenvalue weighted by molar-refractivity contribution is 5.98. The molecule has 1 fully saturated rings. The maximum Gasteiger partial charge on any atom is 0.251 e. The highest BCUT2D eigenvalue weighted by Gasteiger charge is 2.19. The minimum atomic E-state index is -0.255. The molecule has 1 aliphatic carbocycles. The zero-order valence-corrected chi connectivity index (χ0v) is 14.1. The molecule has 6 heteroatoms. The van der Waals surface area contributed by atoms with Crippen molar-refractivity contribution < 1.29 is 9.90 Å². The van der Waals surface area contributed by atoms with Gasteiger partial charge in [-0.25, -0.2) is 9.97 Å². The molecule has 0 radical (unpaired) electrons. The number of nitrogens with one attached hydrogen (secondary N) is 2. The Morgan fingerprint density at radius 1 is 1.38 bits per heavy atom. The van der Waals surface area contributed by atoms with Crippen LogP contribution < -0.4 is 10.6 Å². The Morgan fingerprint density at radius 2 is 2.17 bits per heavy atom. The molecule has 0 aliphatic heterocycles. The van der Waals surface area contributed by atoms with E-state index in [-0.39, 0.29) is 24.5 Å². The summed E-state index contributed by atoms with van der Waals surface area (Å²) in [6.07, 6.45) is 5.33. The second-order valence-electron chi connectivity index (χ2n) is 6.75. The van der Waals surface area contributed by atoms with Crippen molar-refractivity contribution in [2.24, 2.45) is 5.92 Å². The summed E-state index contributed by atoms with van der Waals surface area (Å²) in [5, 5.41) is 16.4. The van der Waals surface area contributed by atoms with Crippen LogP contribution in [0.15, 0.2) is 24.4 Å². The van der Waals surface area contributed by atoms with Crippen molar-refractivity contribution in [3.8, 4) is 0 Å². The van der Waals surface area contributed by atoms with E-state index in [1.54, 1.807) is 18.3 Å². The Hall–Kier alpha value is -2.21. The van der Waals surface area contributed by atoms with Crippen LogP contribution in [0.4, 0.5) is 5.95 Å². The number of amides is 1. The number of carbonyl (C=O) groups is 1. The highest BCUT2D eigenvalue weighted by Crippen LogP contribution is 2.22. The van der Waals surface area contributed by atoms with Crippen LogP contribution in [0.3, 0.4) is 0 Å². The van der Waals surface area contributed by atoms with Crippen molar-refractivity contribution in [3.05, 3.63) is 30.0 Å². The Kier molecular flexibility index (Phi) is 4.94. The number of hydrogen-bond donors (Lipinski definition) is 3. The number of rotatable bonds is 6. The number of benzene rings is 1. The topological polar surface area (TPSA) is 87.1 Å². The predicted molar refractivity (Wildman–Crippen MR) is 94.0 cm³/mol. The smallest absolute Gasteiger partial charge is 0.251 e. The van der Waals surface area contributed by atoms with Crippen LogP contribution in [0, 0.1) is 5.92 Å². The molecule has 128 valence electrons. The zero-order chi connectivity index (χ0) is 17.1. The van der Waals surface area contributed by atoms with Crippen LogP contribution in [0.2, 0.25) is 0 Å². The van der Waals surface area contributed by atoms with Crippen LogP contribution >= 0.6 is 0 Å². The lowest BCUT2D eigenvalue weighted by atomic mass is 9.93. The first-order valence-electron chi connectivity index (χ1n) is 8.52. The number of nitrogens with zero attached hydrogens (tertiary/aromatic N) is 2. The summed E-state index contributed by atoms with van der Waals surface area (Å²) < 4.78 is 0. The number of hydrogen-bond acceptors (Lipinski definition) is 5. The van der Waals surface area contributed by atoms with Crippen molar-refractivity contribution in [2.75, 3.05) is 11.9 Å². The fourth-order valence-corrected chi connectivity index (χ4v) is 2.64. The van der Waals surface area contributed by atoms with Crippen molar-refractivity contribution in [1.82, 2.24) is 15.3 Å². The normalized spacial score (nSPS) is 16.0. The molecule has 3 rings (SSSR count). The molecule has 1 aromatic carbocycles. The van der Waals surface area contributed by atoms with E-state index in [0.717, 1.165) is 23.7 Å². The van der Waals surface area contributed by atoms with E-state index < -0.39 is 0 Å². The standard InChI is InChI=1S/C18H24N4O2/c1-11(2)16(10-23)21-17(24)12-6-7-13-9-19-18(22-15(13)8-12)20-14-4-3-5-14/h6-9,11,14,16,23H,3-5,10H2,1-2H3,(H,21,24)(H,19,20,22)/t16-/m1/s1. The summed E-state index contributed by atoms with van der Waals surface area (Å²) in [5.41, 5.74) is 1.28. The van der Waals surface area contributed by atoms with Crippen LogP contribution in [-0.2, 0) is 0 Å². The van der Waals surface area contributed by atoms with Gasteiger partial charge in [-0.2, -0.15) is 0 Å². The van der Waals surface area contributed by atoms with Crippen molar-refractivity contribution in [2.45, 2.75) is 45.2 Å². The van der Waals surface area contributed by atoms with Gasteiger partial charge in [0, 0.05) is 23.2 Å². The van der Waals surface area contributed by atoms with E-state index in [9.17, 15) is 9.90 Å². The molecule has 24 heavy (non-hydrogen) atoms. The summed E-state index contributed by atoms with van der Waals surface area (Å²) in [5.74, 6) is 0.581. The second-order valence-corrected chi connectivity index (χ2v) is 6.75. The predicted octanol–water partition coefficient (Wildman–Crippen LogP) is 2.34. The fraction of sp³-hybridized carbons (Fsp3) is 0.500. The Bertz CT molecular complexity index is 728. The third-order valence-electron chi connectivity index (χ3n) is 4.60. The van der Waals surface area contributed by atoms with E-state index in [2.05, 4.69) is 20.6 Å². The first kappa shape index (κ1) is 16.6. The number of fused-ring (bicyclic) bond motifs is 1. The number of carbonyl (C=O) groups excluding carboxylic acids is 1. The first-order chi connectivity index (χ1) is 11.6. The van der Waals surface area contributed by atoms with Crippen LogP contribution in [-0.4, -0.2) is 39.7 Å². The van der Waals surface area contributed by atoms with Gasteiger partial charge in [0.2, 0.25) is 5.95 Å². The molecule has 1 aliphatic rings. The molecular formula is C18H24N4O2. The lowest BCUT2D eigenvalue weighted by molar-refractivity contribution is 0.0897. The number of aliphatic hydroxyl groups excluding tert-OH is 1. The van der Waals surface area contributed by atoms with Crippen molar-refractivity contribution in [1.29, 1.82) is 0 Å². The van der Waals surface area contributed by atoms with Gasteiger partial charge >= 0.3 is 0 Å². The summed E-state index contributed by atoms with van der Waals surface area (Å²) >= 11 is 0. The van der Waals surface area contributed by atoms with E-state index >= 15 is 0 Å². The van der Waals surface area contributed by atoms with Gasteiger partial charge in [0.15, 0.2) is 0 Å². The Morgan fingerprint density at radius 3 is 2.79 bits per heavy atom. The van der Waals surface area contributed by atoms with Crippen LogP contribution in [0.25, 0.3) is 10.9 Å². The van der Waals surface area contributed by atoms with Crippen LogP contribution in [0.1, 0.15) is 43.5 Å². The third kappa shape index (κ3) is 3.64. The van der Waals surface area contributed by atoms with Gasteiger partial charge in [-0.3, -0.25) is 4.79 Å². The molecule has 2 aromatic rings. The monoisotopic (exact) mass is 328 g/mol. The molecule has 0 spiro atoms. The minimum Gasteiger partial charge on any atom is -0.394 e. The van der Waals surface area contributed by atoms with Gasteiger partial charge < -0.3 is 15.7 Å². The number of aromatic nitrogens is 2. The molecule has 1 heterocycles. The molecule has 0 saturated heterocycles. The second kappa shape index (κ2) is 7.13. The molecule has 6 nitrogen and oxygen atoms in total. The third-order valence-corrected chi connectivity index (χ3v) is 4.60. The minimum absolute atomic E-state index is 0.0748. The quantitative estimate of drug-likeness (QED) is 0.757. The summed E-state index contributed by atoms with van der Waals surface area (Å²) in [7, 11) is 0.